The maximum atomic E-state index is 13.2. The highest BCUT2D eigenvalue weighted by atomic mass is 79.9. The number of fused-ring (bicyclic) bond motifs is 1. The molecule has 0 radical (unpaired) electrons. The van der Waals surface area contributed by atoms with Crippen LogP contribution in [-0.2, 0) is 9.84 Å². The summed E-state index contributed by atoms with van der Waals surface area (Å²) in [5, 5.41) is 0. The Balaban J connectivity index is 1.77. The van der Waals surface area contributed by atoms with Gasteiger partial charge in [0.1, 0.15) is 5.75 Å². The van der Waals surface area contributed by atoms with Crippen molar-refractivity contribution in [3.8, 4) is 5.75 Å². The molecule has 8 heteroatoms. The van der Waals surface area contributed by atoms with Crippen molar-refractivity contribution in [2.45, 2.75) is 12.1 Å². The van der Waals surface area contributed by atoms with Gasteiger partial charge in [0.25, 0.3) is 0 Å². The zero-order valence-electron chi connectivity index (χ0n) is 14.0. The predicted octanol–water partition coefficient (Wildman–Crippen LogP) is 3.07. The lowest BCUT2D eigenvalue weighted by Crippen LogP contribution is -2.37. The molecule has 2 amide bonds. The lowest BCUT2D eigenvalue weighted by atomic mass is 10.1. The SMILES string of the molecule is COc1ccc(N2C(=O)N(c3ccc(Br)cc3)[C@H]3CS(=O)(=O)C[C@H]32)cc1. The second kappa shape index (κ2) is 6.28. The molecule has 0 unspecified atom stereocenters. The number of benzene rings is 2. The Hall–Kier alpha value is -2.06. The van der Waals surface area contributed by atoms with Crippen molar-refractivity contribution in [1.29, 1.82) is 0 Å². The van der Waals surface area contributed by atoms with Crippen molar-refractivity contribution < 1.29 is 17.9 Å². The van der Waals surface area contributed by atoms with E-state index in [2.05, 4.69) is 15.9 Å². The molecule has 2 aromatic carbocycles. The lowest BCUT2D eigenvalue weighted by Gasteiger charge is -2.23. The van der Waals surface area contributed by atoms with Gasteiger partial charge in [-0.2, -0.15) is 0 Å². The van der Waals surface area contributed by atoms with Gasteiger partial charge in [0.05, 0.1) is 30.7 Å². The zero-order valence-corrected chi connectivity index (χ0v) is 16.4. The van der Waals surface area contributed by atoms with Gasteiger partial charge < -0.3 is 4.74 Å². The molecular formula is C18H17BrN2O4S. The number of urea groups is 1. The summed E-state index contributed by atoms with van der Waals surface area (Å²) in [6.45, 7) is 0. The summed E-state index contributed by atoms with van der Waals surface area (Å²) in [6, 6.07) is 13.4. The number of anilines is 2. The van der Waals surface area contributed by atoms with Crippen molar-refractivity contribution in [3.05, 3.63) is 53.0 Å². The Labute approximate surface area is 160 Å². The molecule has 0 saturated carbocycles. The number of halogens is 1. The molecule has 26 heavy (non-hydrogen) atoms. The third-order valence-corrected chi connectivity index (χ3v) is 7.05. The van der Waals surface area contributed by atoms with E-state index < -0.39 is 21.9 Å². The number of ether oxygens (including phenoxy) is 1. The van der Waals surface area contributed by atoms with Crippen molar-refractivity contribution in [1.82, 2.24) is 0 Å². The Morgan fingerprint density at radius 3 is 1.85 bits per heavy atom. The molecule has 2 heterocycles. The number of amides is 2. The Bertz CT molecular complexity index is 944. The number of carbonyl (C=O) groups excluding carboxylic acids is 1. The minimum atomic E-state index is -3.20. The second-order valence-corrected chi connectivity index (χ2v) is 9.48. The maximum Gasteiger partial charge on any atom is 0.329 e. The largest absolute Gasteiger partial charge is 0.497 e. The maximum absolute atomic E-state index is 13.2. The number of hydrogen-bond donors (Lipinski definition) is 0. The number of methoxy groups -OCH3 is 1. The van der Waals surface area contributed by atoms with Gasteiger partial charge in [0.2, 0.25) is 0 Å². The van der Waals surface area contributed by atoms with E-state index in [1.807, 2.05) is 24.3 Å². The summed E-state index contributed by atoms with van der Waals surface area (Å²) in [4.78, 5) is 16.4. The summed E-state index contributed by atoms with van der Waals surface area (Å²) in [5.41, 5.74) is 1.36. The van der Waals surface area contributed by atoms with Gasteiger partial charge in [-0.25, -0.2) is 13.2 Å². The molecule has 0 bridgehead atoms. The standard InChI is InChI=1S/C18H17BrN2O4S/c1-25-15-8-6-14(7-9-15)21-17-11-26(23,24)10-16(17)20(18(21)22)13-4-2-12(19)3-5-13/h2-9,16-17H,10-11H2,1H3/t16-,17+/m0/s1. The summed E-state index contributed by atoms with van der Waals surface area (Å²) < 4.78 is 30.6. The van der Waals surface area contributed by atoms with E-state index >= 15 is 0 Å². The molecule has 0 aromatic heterocycles. The van der Waals surface area contributed by atoms with Crippen molar-refractivity contribution in [2.75, 3.05) is 28.4 Å². The van der Waals surface area contributed by atoms with Gasteiger partial charge in [-0.05, 0) is 48.5 Å². The Kier molecular flexibility index (Phi) is 4.19. The van der Waals surface area contributed by atoms with Crippen LogP contribution in [0.4, 0.5) is 16.2 Å². The van der Waals surface area contributed by atoms with Crippen LogP contribution in [0.2, 0.25) is 0 Å². The first-order valence-corrected chi connectivity index (χ1v) is 10.7. The third kappa shape index (κ3) is 2.87. The molecule has 2 aromatic rings. The number of sulfone groups is 1. The van der Waals surface area contributed by atoms with Crippen LogP contribution in [0, 0.1) is 0 Å². The normalized spacial score (nSPS) is 24.0. The summed E-state index contributed by atoms with van der Waals surface area (Å²) in [6.07, 6.45) is 0. The van der Waals surface area contributed by atoms with Gasteiger partial charge >= 0.3 is 6.03 Å². The van der Waals surface area contributed by atoms with Crippen LogP contribution >= 0.6 is 15.9 Å². The highest BCUT2D eigenvalue weighted by Crippen LogP contribution is 2.38. The Morgan fingerprint density at radius 2 is 1.38 bits per heavy atom. The van der Waals surface area contributed by atoms with Crippen molar-refractivity contribution in [3.63, 3.8) is 0 Å². The van der Waals surface area contributed by atoms with Crippen LogP contribution < -0.4 is 14.5 Å². The first-order chi connectivity index (χ1) is 12.4. The molecule has 0 aliphatic carbocycles. The summed E-state index contributed by atoms with van der Waals surface area (Å²) in [5.74, 6) is 0.634. The molecule has 0 spiro atoms. The van der Waals surface area contributed by atoms with Gasteiger partial charge in [-0.15, -0.1) is 0 Å². The van der Waals surface area contributed by atoms with E-state index in [9.17, 15) is 13.2 Å². The van der Waals surface area contributed by atoms with Crippen LogP contribution in [-0.4, -0.2) is 45.1 Å². The fourth-order valence-corrected chi connectivity index (χ4v) is 5.84. The van der Waals surface area contributed by atoms with Gasteiger partial charge in [-0.3, -0.25) is 9.80 Å². The fourth-order valence-electron chi connectivity index (χ4n) is 3.65. The van der Waals surface area contributed by atoms with Crippen molar-refractivity contribution in [2.24, 2.45) is 0 Å². The number of nitrogens with zero attached hydrogens (tertiary/aromatic N) is 2. The van der Waals surface area contributed by atoms with Gasteiger partial charge in [0, 0.05) is 15.8 Å². The quantitative estimate of drug-likeness (QED) is 0.693. The molecule has 136 valence electrons. The minimum absolute atomic E-state index is 0.0217. The fraction of sp³-hybridized carbons (Fsp3) is 0.278. The van der Waals surface area contributed by atoms with E-state index in [1.165, 1.54) is 0 Å². The van der Waals surface area contributed by atoms with Crippen LogP contribution in [0.5, 0.6) is 5.75 Å². The summed E-state index contributed by atoms with van der Waals surface area (Å²) in [7, 11) is -1.63. The highest BCUT2D eigenvalue weighted by molar-refractivity contribution is 9.10. The average molecular weight is 437 g/mol. The molecular weight excluding hydrogens is 420 g/mol. The van der Waals surface area contributed by atoms with Crippen LogP contribution in [0.25, 0.3) is 0 Å². The monoisotopic (exact) mass is 436 g/mol. The summed E-state index contributed by atoms with van der Waals surface area (Å²) >= 11 is 3.38. The van der Waals surface area contributed by atoms with E-state index in [0.29, 0.717) is 17.1 Å². The third-order valence-electron chi connectivity index (χ3n) is 4.82. The smallest absolute Gasteiger partial charge is 0.329 e. The molecule has 6 nitrogen and oxygen atoms in total. The van der Waals surface area contributed by atoms with E-state index in [4.69, 9.17) is 4.74 Å². The predicted molar refractivity (Wildman–Crippen MR) is 104 cm³/mol. The van der Waals surface area contributed by atoms with Crippen LogP contribution in [0.15, 0.2) is 53.0 Å². The Morgan fingerprint density at radius 1 is 0.923 bits per heavy atom. The molecule has 2 aliphatic rings. The van der Waals surface area contributed by atoms with E-state index in [0.717, 1.165) is 4.47 Å². The molecule has 0 N–H and O–H groups in total. The number of rotatable bonds is 3. The van der Waals surface area contributed by atoms with E-state index in [1.54, 1.807) is 41.2 Å². The number of carbonyl (C=O) groups is 1. The average Bonchev–Trinajstić information content (AvgIpc) is 3.05. The highest BCUT2D eigenvalue weighted by Gasteiger charge is 2.54. The topological polar surface area (TPSA) is 66.9 Å². The molecule has 2 saturated heterocycles. The first-order valence-electron chi connectivity index (χ1n) is 8.12. The van der Waals surface area contributed by atoms with E-state index in [-0.39, 0.29) is 17.5 Å². The number of hydrogen-bond acceptors (Lipinski definition) is 4. The first kappa shape index (κ1) is 17.4. The van der Waals surface area contributed by atoms with Gasteiger partial charge in [-0.1, -0.05) is 15.9 Å². The van der Waals surface area contributed by atoms with Crippen LogP contribution in [0.1, 0.15) is 0 Å². The lowest BCUT2D eigenvalue weighted by molar-refractivity contribution is 0.255. The van der Waals surface area contributed by atoms with Crippen molar-refractivity contribution >= 4 is 43.2 Å². The molecule has 2 aliphatic heterocycles. The molecule has 4 rings (SSSR count). The molecule has 2 atom stereocenters. The zero-order chi connectivity index (χ0) is 18.5. The minimum Gasteiger partial charge on any atom is -0.497 e. The molecule has 2 fully saturated rings. The van der Waals surface area contributed by atoms with Crippen LogP contribution in [0.3, 0.4) is 0 Å². The second-order valence-electron chi connectivity index (χ2n) is 6.41. The van der Waals surface area contributed by atoms with Gasteiger partial charge in [0.15, 0.2) is 9.84 Å².